The van der Waals surface area contributed by atoms with Gasteiger partial charge >= 0.3 is 0 Å². The van der Waals surface area contributed by atoms with Crippen LogP contribution in [0.4, 0.5) is 0 Å². The minimum absolute atomic E-state index is 0.145. The lowest BCUT2D eigenvalue weighted by Gasteiger charge is -2.37. The average Bonchev–Trinajstić information content (AvgIpc) is 3.25. The summed E-state index contributed by atoms with van der Waals surface area (Å²) in [5.74, 6) is 0. The fourth-order valence-electron chi connectivity index (χ4n) is 6.05. The largest absolute Gasteiger partial charge is 0.0912 e. The standard InChI is InChI=1S/C37H29I/c1-26-14-12-13-24-36(3,38)25-23-27(2)29-16-5-9-20-33(29)37(32-19-8-4-15-28(26)32)34-21-10-6-17-30(34)31-18-7-11-22-35(31)37/h4-25H,1-2H2,3H3/b14-12-,24-13-,25-23-. The molecule has 0 saturated carbocycles. The molecule has 0 saturated heterocycles. The molecule has 0 bridgehead atoms. The van der Waals surface area contributed by atoms with Crippen LogP contribution in [0.15, 0.2) is 147 Å². The smallest absolute Gasteiger partial charge is 0.0725 e. The van der Waals surface area contributed by atoms with E-state index in [2.05, 4.69) is 176 Å². The Labute approximate surface area is 239 Å². The van der Waals surface area contributed by atoms with Gasteiger partial charge in [-0.25, -0.2) is 0 Å². The first-order valence-electron chi connectivity index (χ1n) is 12.9. The van der Waals surface area contributed by atoms with Crippen molar-refractivity contribution in [3.63, 3.8) is 0 Å². The lowest BCUT2D eigenvalue weighted by molar-refractivity contribution is 0.763. The van der Waals surface area contributed by atoms with Crippen molar-refractivity contribution < 1.29 is 0 Å². The highest BCUT2D eigenvalue weighted by molar-refractivity contribution is 14.1. The van der Waals surface area contributed by atoms with Crippen molar-refractivity contribution in [3.05, 3.63) is 180 Å². The van der Waals surface area contributed by atoms with Gasteiger partial charge in [0, 0.05) is 0 Å². The number of halogens is 1. The van der Waals surface area contributed by atoms with E-state index in [1.54, 1.807) is 0 Å². The minimum Gasteiger partial charge on any atom is -0.0912 e. The molecule has 1 unspecified atom stereocenters. The number of rotatable bonds is 0. The molecule has 0 aliphatic heterocycles. The number of benzene rings is 4. The van der Waals surface area contributed by atoms with Crippen molar-refractivity contribution in [2.24, 2.45) is 0 Å². The highest BCUT2D eigenvalue weighted by Gasteiger charge is 2.48. The first-order valence-corrected chi connectivity index (χ1v) is 14.0. The maximum atomic E-state index is 4.58. The van der Waals surface area contributed by atoms with Crippen molar-refractivity contribution in [3.8, 4) is 11.1 Å². The highest BCUT2D eigenvalue weighted by Crippen LogP contribution is 2.58. The van der Waals surface area contributed by atoms with Crippen molar-refractivity contribution >= 4 is 33.7 Å². The molecule has 4 aromatic carbocycles. The van der Waals surface area contributed by atoms with E-state index < -0.39 is 5.41 Å². The van der Waals surface area contributed by atoms with Crippen LogP contribution in [0.3, 0.4) is 0 Å². The van der Waals surface area contributed by atoms with Gasteiger partial charge in [-0.2, -0.15) is 0 Å². The second kappa shape index (κ2) is 9.56. The zero-order valence-electron chi connectivity index (χ0n) is 21.5. The third-order valence-electron chi connectivity index (χ3n) is 7.75. The third kappa shape index (κ3) is 3.88. The van der Waals surface area contributed by atoms with E-state index in [0.717, 1.165) is 22.3 Å². The maximum absolute atomic E-state index is 4.58. The molecule has 0 nitrogen and oxygen atoms in total. The predicted molar refractivity (Wildman–Crippen MR) is 172 cm³/mol. The molecule has 0 amide bonds. The zero-order chi connectivity index (χ0) is 26.3. The summed E-state index contributed by atoms with van der Waals surface area (Å²) in [7, 11) is 0. The molecule has 0 heterocycles. The van der Waals surface area contributed by atoms with Crippen LogP contribution in [-0.4, -0.2) is 3.42 Å². The molecule has 184 valence electrons. The summed E-state index contributed by atoms with van der Waals surface area (Å²) in [5, 5.41) is 0. The molecular weight excluding hydrogens is 571 g/mol. The van der Waals surface area contributed by atoms with Gasteiger partial charge in [0.1, 0.15) is 0 Å². The lowest BCUT2D eigenvalue weighted by atomic mass is 9.64. The van der Waals surface area contributed by atoms with Crippen LogP contribution >= 0.6 is 22.6 Å². The van der Waals surface area contributed by atoms with Crippen molar-refractivity contribution in [2.75, 3.05) is 0 Å². The lowest BCUT2D eigenvalue weighted by Crippen LogP contribution is -2.31. The van der Waals surface area contributed by atoms with Crippen LogP contribution in [0.2, 0.25) is 0 Å². The Balaban J connectivity index is 1.80. The molecule has 0 fully saturated rings. The molecule has 38 heavy (non-hydrogen) atoms. The molecule has 4 aromatic rings. The number of allylic oxidation sites excluding steroid dienone is 8. The molecule has 2 aliphatic rings. The quantitative estimate of drug-likeness (QED) is 0.123. The minimum atomic E-state index is -0.526. The van der Waals surface area contributed by atoms with Crippen LogP contribution < -0.4 is 0 Å². The first-order chi connectivity index (χ1) is 18.4. The van der Waals surface area contributed by atoms with E-state index in [1.165, 1.54) is 33.4 Å². The Hall–Kier alpha value is -3.69. The van der Waals surface area contributed by atoms with Crippen LogP contribution in [0.25, 0.3) is 22.3 Å². The molecule has 0 radical (unpaired) electrons. The first kappa shape index (κ1) is 24.6. The van der Waals surface area contributed by atoms with Crippen molar-refractivity contribution in [1.82, 2.24) is 0 Å². The molecule has 0 N–H and O–H groups in total. The van der Waals surface area contributed by atoms with Crippen LogP contribution in [-0.2, 0) is 5.41 Å². The van der Waals surface area contributed by atoms with Crippen molar-refractivity contribution in [2.45, 2.75) is 15.8 Å². The van der Waals surface area contributed by atoms with Crippen LogP contribution in [0.5, 0.6) is 0 Å². The van der Waals surface area contributed by atoms with E-state index in [4.69, 9.17) is 0 Å². The van der Waals surface area contributed by atoms with Gasteiger partial charge in [0.15, 0.2) is 0 Å². The summed E-state index contributed by atoms with van der Waals surface area (Å²) in [6, 6.07) is 35.3. The molecule has 1 atom stereocenters. The van der Waals surface area contributed by atoms with E-state index in [1.807, 2.05) is 0 Å². The molecule has 0 aromatic heterocycles. The topological polar surface area (TPSA) is 0 Å². The third-order valence-corrected chi connectivity index (χ3v) is 8.47. The number of fused-ring (bicyclic) bond motifs is 9. The van der Waals surface area contributed by atoms with Gasteiger partial charge in [-0.15, -0.1) is 0 Å². The van der Waals surface area contributed by atoms with Crippen molar-refractivity contribution in [1.29, 1.82) is 0 Å². The molecule has 6 rings (SSSR count). The normalized spacial score (nSPS) is 21.9. The van der Waals surface area contributed by atoms with Gasteiger partial charge in [-0.05, 0) is 62.6 Å². The molecule has 1 heteroatoms. The molecular formula is C37H29I. The van der Waals surface area contributed by atoms with Gasteiger partial charge in [-0.3, -0.25) is 0 Å². The monoisotopic (exact) mass is 600 g/mol. The fraction of sp³-hybridized carbons (Fsp3) is 0.0811. The fourth-order valence-corrected chi connectivity index (χ4v) is 6.44. The summed E-state index contributed by atoms with van der Waals surface area (Å²) in [6.07, 6.45) is 13.0. The van der Waals surface area contributed by atoms with Gasteiger partial charge in [-0.1, -0.05) is 169 Å². The highest BCUT2D eigenvalue weighted by atomic mass is 127. The van der Waals surface area contributed by atoms with E-state index in [-0.39, 0.29) is 3.42 Å². The summed E-state index contributed by atoms with van der Waals surface area (Å²) in [6.45, 7) is 11.3. The van der Waals surface area contributed by atoms with E-state index in [0.29, 0.717) is 0 Å². The van der Waals surface area contributed by atoms with Gasteiger partial charge in [0.05, 0.1) is 8.84 Å². The molecule has 1 spiro atoms. The van der Waals surface area contributed by atoms with Gasteiger partial charge in [0.25, 0.3) is 0 Å². The second-order valence-electron chi connectivity index (χ2n) is 10.2. The van der Waals surface area contributed by atoms with Gasteiger partial charge in [0.2, 0.25) is 0 Å². The maximum Gasteiger partial charge on any atom is 0.0725 e. The summed E-state index contributed by atoms with van der Waals surface area (Å²) >= 11 is 2.48. The van der Waals surface area contributed by atoms with Gasteiger partial charge < -0.3 is 0 Å². The summed E-state index contributed by atoms with van der Waals surface area (Å²) < 4.78 is -0.145. The predicted octanol–water partition coefficient (Wildman–Crippen LogP) is 9.95. The number of hydrogen-bond donors (Lipinski definition) is 0. The zero-order valence-corrected chi connectivity index (χ0v) is 23.7. The van der Waals surface area contributed by atoms with E-state index in [9.17, 15) is 0 Å². The Morgan fingerprint density at radius 2 is 0.895 bits per heavy atom. The van der Waals surface area contributed by atoms with E-state index >= 15 is 0 Å². The Morgan fingerprint density at radius 3 is 1.39 bits per heavy atom. The van der Waals surface area contributed by atoms with Crippen LogP contribution in [0.1, 0.15) is 40.3 Å². The Morgan fingerprint density at radius 1 is 0.500 bits per heavy atom. The average molecular weight is 601 g/mol. The Kier molecular flexibility index (Phi) is 6.20. The second-order valence-corrected chi connectivity index (χ2v) is 12.5. The number of hydrogen-bond acceptors (Lipinski definition) is 0. The van der Waals surface area contributed by atoms with Crippen LogP contribution in [0, 0.1) is 0 Å². The summed E-state index contributed by atoms with van der Waals surface area (Å²) in [5.41, 5.74) is 11.4. The Bertz CT molecular complexity index is 1630. The molecule has 2 aliphatic carbocycles. The summed E-state index contributed by atoms with van der Waals surface area (Å²) in [4.78, 5) is 0. The SMILES string of the molecule is C=C1/C=C\C=C/C(C)(I)/C=C\C(=C)c2ccccc2C2(c3ccccc31)c1ccccc1-c1ccccc12. The number of alkyl halides is 1.